The molecule has 0 bridgehead atoms. The average Bonchev–Trinajstić information content (AvgIpc) is 3.27. The van der Waals surface area contributed by atoms with Gasteiger partial charge in [0.2, 0.25) is 5.91 Å². The third-order valence-corrected chi connectivity index (χ3v) is 5.94. The molecule has 7 heteroatoms. The molecule has 4 rings (SSSR count). The standard InChI is InChI=1S/C27H27N5O2.C2H6/c1-15(22-8-5-9-23(31-22)17-6-4-7-18(13-17)34-3)12-19-25-20(14-28)21(29)10-11-24(25)32-26(19)16(2)27(30)33;1-2/h4-14,23,28,31-32H,2,29H2,1,3H3,(H2,30,33);1-2H3/b15-12+,28-14?;. The number of primary amides is 1. The highest BCUT2D eigenvalue weighted by Gasteiger charge is 2.20. The van der Waals surface area contributed by atoms with Crippen LogP contribution in [-0.4, -0.2) is 24.2 Å². The molecule has 1 atom stereocenters. The van der Waals surface area contributed by atoms with Crippen molar-refractivity contribution < 1.29 is 9.53 Å². The van der Waals surface area contributed by atoms with Crippen molar-refractivity contribution in [2.75, 3.05) is 12.8 Å². The summed E-state index contributed by atoms with van der Waals surface area (Å²) in [6, 6.07) is 11.4. The fourth-order valence-corrected chi connectivity index (χ4v) is 4.11. The van der Waals surface area contributed by atoms with Crippen LogP contribution < -0.4 is 21.5 Å². The first-order valence-electron chi connectivity index (χ1n) is 11.8. The number of benzene rings is 2. The first-order chi connectivity index (χ1) is 17.3. The number of nitrogen functional groups attached to an aromatic ring is 1. The fraction of sp³-hybridized carbons (Fsp3) is 0.172. The molecular weight excluding hydrogens is 450 g/mol. The number of dihydropyridines is 1. The Morgan fingerprint density at radius 3 is 2.61 bits per heavy atom. The Bertz CT molecular complexity index is 1410. The van der Waals surface area contributed by atoms with E-state index in [-0.39, 0.29) is 11.6 Å². The molecule has 7 N–H and O–H groups in total. The summed E-state index contributed by atoms with van der Waals surface area (Å²) in [5.74, 6) is 0.167. The van der Waals surface area contributed by atoms with Gasteiger partial charge in [-0.1, -0.05) is 44.7 Å². The summed E-state index contributed by atoms with van der Waals surface area (Å²) in [7, 11) is 1.65. The van der Waals surface area contributed by atoms with Crippen LogP contribution in [-0.2, 0) is 4.79 Å². The SMILES string of the molecule is C=C(C(N)=O)c1[nH]c2ccc(N)c(C=N)c2c1/C=C(\C)C1=CC=CC(c2cccc(OC)c2)N1.CC. The van der Waals surface area contributed by atoms with Gasteiger partial charge in [0, 0.05) is 39.6 Å². The van der Waals surface area contributed by atoms with E-state index in [1.54, 1.807) is 13.2 Å². The van der Waals surface area contributed by atoms with Gasteiger partial charge in [-0.2, -0.15) is 0 Å². The fourth-order valence-electron chi connectivity index (χ4n) is 4.11. The Hall–Kier alpha value is -4.52. The lowest BCUT2D eigenvalue weighted by atomic mass is 9.97. The van der Waals surface area contributed by atoms with E-state index in [9.17, 15) is 4.79 Å². The molecule has 1 unspecified atom stereocenters. The number of nitrogens with one attached hydrogen (secondary N) is 3. The number of fused-ring (bicyclic) bond motifs is 1. The van der Waals surface area contributed by atoms with Crippen LogP contribution in [0.5, 0.6) is 5.75 Å². The molecule has 2 aromatic carbocycles. The number of rotatable bonds is 7. The van der Waals surface area contributed by atoms with Crippen molar-refractivity contribution in [3.8, 4) is 5.75 Å². The topological polar surface area (TPSA) is 130 Å². The molecule has 0 spiro atoms. The highest BCUT2D eigenvalue weighted by Crippen LogP contribution is 2.34. The lowest BCUT2D eigenvalue weighted by Gasteiger charge is -2.23. The number of hydrogen-bond acceptors (Lipinski definition) is 5. The average molecular weight is 484 g/mol. The molecule has 7 nitrogen and oxygen atoms in total. The van der Waals surface area contributed by atoms with Crippen molar-refractivity contribution in [2.45, 2.75) is 26.8 Å². The number of allylic oxidation sites excluding steroid dienone is 3. The maximum Gasteiger partial charge on any atom is 0.250 e. The molecule has 36 heavy (non-hydrogen) atoms. The lowest BCUT2D eigenvalue weighted by Crippen LogP contribution is -2.22. The second-order valence-electron chi connectivity index (χ2n) is 8.08. The molecule has 1 amide bonds. The van der Waals surface area contributed by atoms with Crippen molar-refractivity contribution in [3.05, 3.63) is 94.9 Å². The molecule has 0 aliphatic carbocycles. The molecule has 0 saturated carbocycles. The maximum atomic E-state index is 12.0. The molecule has 0 fully saturated rings. The normalized spacial score (nSPS) is 14.8. The second-order valence-corrected chi connectivity index (χ2v) is 8.08. The van der Waals surface area contributed by atoms with Crippen molar-refractivity contribution in [1.29, 1.82) is 5.41 Å². The van der Waals surface area contributed by atoms with Gasteiger partial charge in [0.25, 0.3) is 0 Å². The molecule has 0 radical (unpaired) electrons. The van der Waals surface area contributed by atoms with Crippen molar-refractivity contribution >= 4 is 40.4 Å². The van der Waals surface area contributed by atoms with E-state index in [1.807, 2.05) is 69.3 Å². The zero-order valence-corrected chi connectivity index (χ0v) is 21.1. The Morgan fingerprint density at radius 2 is 1.94 bits per heavy atom. The van der Waals surface area contributed by atoms with E-state index >= 15 is 0 Å². The number of anilines is 1. The van der Waals surface area contributed by atoms with Crippen LogP contribution in [0, 0.1) is 5.41 Å². The van der Waals surface area contributed by atoms with Gasteiger partial charge in [-0.05, 0) is 54.5 Å². The summed E-state index contributed by atoms with van der Waals surface area (Å²) in [6.45, 7) is 9.85. The number of carbonyl (C=O) groups is 1. The third kappa shape index (κ3) is 5.10. The van der Waals surface area contributed by atoms with Crippen LogP contribution in [0.15, 0.2) is 72.5 Å². The van der Waals surface area contributed by atoms with Gasteiger partial charge >= 0.3 is 0 Å². The summed E-state index contributed by atoms with van der Waals surface area (Å²) in [6.07, 6.45) is 9.24. The van der Waals surface area contributed by atoms with Gasteiger partial charge in [-0.3, -0.25) is 4.79 Å². The minimum absolute atomic E-state index is 0.0331. The summed E-state index contributed by atoms with van der Waals surface area (Å²) in [5.41, 5.74) is 17.8. The summed E-state index contributed by atoms with van der Waals surface area (Å²) < 4.78 is 5.36. The molecule has 2 heterocycles. The molecule has 1 aromatic heterocycles. The number of methoxy groups -OCH3 is 1. The predicted molar refractivity (Wildman–Crippen MR) is 150 cm³/mol. The van der Waals surface area contributed by atoms with E-state index in [0.717, 1.165) is 33.5 Å². The molecular formula is C29H33N5O2. The quantitative estimate of drug-likeness (QED) is 0.173. The maximum absolute atomic E-state index is 12.0. The van der Waals surface area contributed by atoms with Crippen molar-refractivity contribution in [3.63, 3.8) is 0 Å². The Kier molecular flexibility index (Phi) is 8.17. The minimum Gasteiger partial charge on any atom is -0.497 e. The van der Waals surface area contributed by atoms with Crippen molar-refractivity contribution in [1.82, 2.24) is 10.3 Å². The summed E-state index contributed by atoms with van der Waals surface area (Å²) >= 11 is 0. The summed E-state index contributed by atoms with van der Waals surface area (Å²) in [4.78, 5) is 15.2. The Labute approximate surface area is 211 Å². The van der Waals surface area contributed by atoms with Crippen LogP contribution in [0.25, 0.3) is 22.6 Å². The van der Waals surface area contributed by atoms with Gasteiger partial charge in [-0.15, -0.1) is 0 Å². The van der Waals surface area contributed by atoms with E-state index in [1.165, 1.54) is 6.21 Å². The first-order valence-corrected chi connectivity index (χ1v) is 11.8. The van der Waals surface area contributed by atoms with E-state index < -0.39 is 5.91 Å². The highest BCUT2D eigenvalue weighted by atomic mass is 16.5. The molecule has 1 aliphatic heterocycles. The third-order valence-electron chi connectivity index (χ3n) is 5.94. The number of nitrogens with two attached hydrogens (primary N) is 2. The molecule has 1 aliphatic rings. The van der Waals surface area contributed by atoms with Gasteiger partial charge in [-0.25, -0.2) is 0 Å². The zero-order chi connectivity index (χ0) is 26.4. The van der Waals surface area contributed by atoms with Crippen LogP contribution >= 0.6 is 0 Å². The number of hydrogen-bond donors (Lipinski definition) is 5. The molecule has 0 saturated heterocycles. The van der Waals surface area contributed by atoms with Crippen LogP contribution in [0.2, 0.25) is 0 Å². The molecule has 3 aromatic rings. The van der Waals surface area contributed by atoms with Gasteiger partial charge < -0.3 is 31.9 Å². The minimum atomic E-state index is -0.626. The van der Waals surface area contributed by atoms with Gasteiger partial charge in [0.05, 0.1) is 24.4 Å². The van der Waals surface area contributed by atoms with Gasteiger partial charge in [0.1, 0.15) is 5.75 Å². The number of aromatic nitrogens is 1. The van der Waals surface area contributed by atoms with E-state index in [2.05, 4.69) is 23.0 Å². The second kappa shape index (κ2) is 11.3. The zero-order valence-electron chi connectivity index (χ0n) is 21.1. The monoisotopic (exact) mass is 483 g/mol. The first kappa shape index (κ1) is 26.1. The van der Waals surface area contributed by atoms with Crippen LogP contribution in [0.1, 0.15) is 49.2 Å². The largest absolute Gasteiger partial charge is 0.497 e. The lowest BCUT2D eigenvalue weighted by molar-refractivity contribution is -0.112. The number of H-pyrrole nitrogens is 1. The Morgan fingerprint density at radius 1 is 1.19 bits per heavy atom. The predicted octanol–water partition coefficient (Wildman–Crippen LogP) is 5.47. The number of aromatic amines is 1. The van der Waals surface area contributed by atoms with E-state index in [0.29, 0.717) is 22.5 Å². The number of carbonyl (C=O) groups excluding carboxylic acids is 1. The number of amides is 1. The van der Waals surface area contributed by atoms with Crippen LogP contribution in [0.4, 0.5) is 5.69 Å². The Balaban J connectivity index is 0.00000176. The molecule has 186 valence electrons. The number of ether oxygens (including phenoxy) is 1. The highest BCUT2D eigenvalue weighted by molar-refractivity contribution is 6.21. The van der Waals surface area contributed by atoms with Crippen LogP contribution in [0.3, 0.4) is 0 Å². The van der Waals surface area contributed by atoms with Gasteiger partial charge in [0.15, 0.2) is 0 Å². The van der Waals surface area contributed by atoms with E-state index in [4.69, 9.17) is 21.6 Å². The summed E-state index contributed by atoms with van der Waals surface area (Å²) in [5, 5.41) is 12.2. The smallest absolute Gasteiger partial charge is 0.250 e. The van der Waals surface area contributed by atoms with Crippen molar-refractivity contribution in [2.24, 2.45) is 5.73 Å².